The lowest BCUT2D eigenvalue weighted by molar-refractivity contribution is 0.0873. The van der Waals surface area contributed by atoms with Crippen LogP contribution in [0.4, 0.5) is 0 Å². The number of thioether (sulfide) groups is 1. The Morgan fingerprint density at radius 2 is 2.15 bits per heavy atom. The van der Waals surface area contributed by atoms with Crippen molar-refractivity contribution < 1.29 is 5.11 Å². The molecule has 2 N–H and O–H groups in total. The summed E-state index contributed by atoms with van der Waals surface area (Å²) in [6.07, 6.45) is 6.58. The molecule has 0 spiro atoms. The third-order valence-corrected chi connectivity index (χ3v) is 3.48. The molecule has 1 aliphatic rings. The van der Waals surface area contributed by atoms with Crippen molar-refractivity contribution in [3.63, 3.8) is 0 Å². The summed E-state index contributed by atoms with van der Waals surface area (Å²) in [5.74, 6) is 1.13. The van der Waals surface area contributed by atoms with Crippen molar-refractivity contribution in [2.45, 2.75) is 50.8 Å². The first-order chi connectivity index (χ1) is 6.24. The average Bonchev–Trinajstić information content (AvgIpc) is 2.09. The Bertz CT molecular complexity index is 143. The highest BCUT2D eigenvalue weighted by molar-refractivity contribution is 7.98. The van der Waals surface area contributed by atoms with Crippen LogP contribution in [0.5, 0.6) is 0 Å². The number of hydrogen-bond acceptors (Lipinski definition) is 3. The minimum Gasteiger partial charge on any atom is -0.392 e. The molecular formula is C10H21NOS. The topological polar surface area (TPSA) is 32.3 Å². The number of nitrogens with one attached hydrogen (secondary N) is 1. The van der Waals surface area contributed by atoms with Gasteiger partial charge in [0.05, 0.1) is 6.10 Å². The van der Waals surface area contributed by atoms with Crippen molar-refractivity contribution in [3.8, 4) is 0 Å². The van der Waals surface area contributed by atoms with Gasteiger partial charge in [-0.15, -0.1) is 0 Å². The van der Waals surface area contributed by atoms with Gasteiger partial charge < -0.3 is 10.4 Å². The smallest absolute Gasteiger partial charge is 0.0693 e. The van der Waals surface area contributed by atoms with E-state index in [0.717, 1.165) is 18.6 Å². The third-order valence-electron chi connectivity index (χ3n) is 2.64. The highest BCUT2D eigenvalue weighted by atomic mass is 32.2. The van der Waals surface area contributed by atoms with Gasteiger partial charge in [-0.3, -0.25) is 0 Å². The standard InChI is InChI=1S/C10H21NOS/c1-8(7-13-2)11-9-5-3-4-6-10(9)12/h8-12H,3-7H2,1-2H3. The third kappa shape index (κ3) is 3.88. The van der Waals surface area contributed by atoms with Crippen LogP contribution in [0.15, 0.2) is 0 Å². The van der Waals surface area contributed by atoms with Crippen molar-refractivity contribution in [2.75, 3.05) is 12.0 Å². The predicted octanol–water partition coefficient (Wildman–Crippen LogP) is 1.63. The first-order valence-electron chi connectivity index (χ1n) is 5.17. The largest absolute Gasteiger partial charge is 0.392 e. The Morgan fingerprint density at radius 1 is 1.46 bits per heavy atom. The van der Waals surface area contributed by atoms with Crippen molar-refractivity contribution in [1.29, 1.82) is 0 Å². The molecule has 2 nitrogen and oxygen atoms in total. The zero-order valence-corrected chi connectivity index (χ0v) is 9.44. The Balaban J connectivity index is 2.25. The molecule has 0 aromatic heterocycles. The van der Waals surface area contributed by atoms with Crippen molar-refractivity contribution in [2.24, 2.45) is 0 Å². The van der Waals surface area contributed by atoms with E-state index in [9.17, 15) is 5.11 Å². The van der Waals surface area contributed by atoms with Gasteiger partial charge in [0.1, 0.15) is 0 Å². The Kier molecular flexibility index (Phi) is 5.14. The molecule has 3 heteroatoms. The van der Waals surface area contributed by atoms with E-state index in [1.165, 1.54) is 12.8 Å². The molecule has 3 unspecified atom stereocenters. The second kappa shape index (κ2) is 5.89. The fraction of sp³-hybridized carbons (Fsp3) is 1.00. The molecule has 1 aliphatic carbocycles. The normalized spacial score (nSPS) is 31.6. The highest BCUT2D eigenvalue weighted by Crippen LogP contribution is 2.18. The summed E-state index contributed by atoms with van der Waals surface area (Å²) in [5, 5.41) is 13.2. The summed E-state index contributed by atoms with van der Waals surface area (Å²) in [5.41, 5.74) is 0. The Hall–Kier alpha value is 0.270. The van der Waals surface area contributed by atoms with Crippen LogP contribution in [-0.4, -0.2) is 35.3 Å². The lowest BCUT2D eigenvalue weighted by Crippen LogP contribution is -2.46. The van der Waals surface area contributed by atoms with E-state index in [1.807, 2.05) is 11.8 Å². The summed E-state index contributed by atoms with van der Waals surface area (Å²) in [6.45, 7) is 2.19. The second-order valence-electron chi connectivity index (χ2n) is 3.98. The second-order valence-corrected chi connectivity index (χ2v) is 4.89. The fourth-order valence-corrected chi connectivity index (χ4v) is 2.57. The van der Waals surface area contributed by atoms with Gasteiger partial charge in [-0.1, -0.05) is 12.8 Å². The van der Waals surface area contributed by atoms with Crippen LogP contribution in [0.2, 0.25) is 0 Å². The molecule has 0 amide bonds. The molecule has 78 valence electrons. The molecule has 1 rings (SSSR count). The van der Waals surface area contributed by atoms with Crippen molar-refractivity contribution in [3.05, 3.63) is 0 Å². The molecule has 3 atom stereocenters. The zero-order valence-electron chi connectivity index (χ0n) is 8.62. The van der Waals surface area contributed by atoms with Gasteiger partial charge in [-0.25, -0.2) is 0 Å². The first kappa shape index (κ1) is 11.3. The first-order valence-corrected chi connectivity index (χ1v) is 6.56. The van der Waals surface area contributed by atoms with E-state index in [2.05, 4.69) is 18.5 Å². The minimum absolute atomic E-state index is 0.113. The van der Waals surface area contributed by atoms with Crippen LogP contribution >= 0.6 is 11.8 Å². The molecule has 0 aromatic rings. The van der Waals surface area contributed by atoms with Crippen LogP contribution < -0.4 is 5.32 Å². The lowest BCUT2D eigenvalue weighted by Gasteiger charge is -2.30. The van der Waals surface area contributed by atoms with Gasteiger partial charge in [0.15, 0.2) is 0 Å². The van der Waals surface area contributed by atoms with E-state index in [1.54, 1.807) is 0 Å². The summed E-state index contributed by atoms with van der Waals surface area (Å²) >= 11 is 1.86. The summed E-state index contributed by atoms with van der Waals surface area (Å²) in [6, 6.07) is 0.864. The maximum atomic E-state index is 9.72. The van der Waals surface area contributed by atoms with E-state index in [4.69, 9.17) is 0 Å². The maximum absolute atomic E-state index is 9.72. The quantitative estimate of drug-likeness (QED) is 0.728. The van der Waals surface area contributed by atoms with Gasteiger partial charge in [0.2, 0.25) is 0 Å². The van der Waals surface area contributed by atoms with Crippen LogP contribution in [0.3, 0.4) is 0 Å². The molecule has 0 radical (unpaired) electrons. The molecule has 0 saturated heterocycles. The zero-order chi connectivity index (χ0) is 9.68. The molecular weight excluding hydrogens is 182 g/mol. The molecule has 0 aromatic carbocycles. The van der Waals surface area contributed by atoms with Gasteiger partial charge >= 0.3 is 0 Å². The maximum Gasteiger partial charge on any atom is 0.0693 e. The molecule has 0 heterocycles. The minimum atomic E-state index is -0.113. The SMILES string of the molecule is CSCC(C)NC1CCCCC1O. The number of aliphatic hydroxyl groups excluding tert-OH is 1. The summed E-state index contributed by atoms with van der Waals surface area (Å²) < 4.78 is 0. The van der Waals surface area contributed by atoms with Crippen LogP contribution in [0.25, 0.3) is 0 Å². The summed E-state index contributed by atoms with van der Waals surface area (Å²) in [4.78, 5) is 0. The molecule has 13 heavy (non-hydrogen) atoms. The van der Waals surface area contributed by atoms with Gasteiger partial charge in [-0.2, -0.15) is 11.8 Å². The van der Waals surface area contributed by atoms with Gasteiger partial charge in [0, 0.05) is 17.8 Å². The van der Waals surface area contributed by atoms with Gasteiger partial charge in [-0.05, 0) is 26.0 Å². The van der Waals surface area contributed by atoms with Crippen LogP contribution in [0, 0.1) is 0 Å². The van der Waals surface area contributed by atoms with Crippen LogP contribution in [-0.2, 0) is 0 Å². The van der Waals surface area contributed by atoms with E-state index in [0.29, 0.717) is 12.1 Å². The summed E-state index contributed by atoms with van der Waals surface area (Å²) in [7, 11) is 0. The number of hydrogen-bond donors (Lipinski definition) is 2. The monoisotopic (exact) mass is 203 g/mol. The lowest BCUT2D eigenvalue weighted by atomic mass is 9.92. The molecule has 1 fully saturated rings. The number of aliphatic hydroxyl groups is 1. The van der Waals surface area contributed by atoms with Crippen molar-refractivity contribution in [1.82, 2.24) is 5.32 Å². The average molecular weight is 203 g/mol. The highest BCUT2D eigenvalue weighted by Gasteiger charge is 2.23. The predicted molar refractivity (Wildman–Crippen MR) is 59.2 cm³/mol. The Labute approximate surface area is 85.5 Å². The molecule has 0 aliphatic heterocycles. The van der Waals surface area contributed by atoms with E-state index >= 15 is 0 Å². The Morgan fingerprint density at radius 3 is 2.77 bits per heavy atom. The fourth-order valence-electron chi connectivity index (χ4n) is 1.97. The van der Waals surface area contributed by atoms with Crippen LogP contribution in [0.1, 0.15) is 32.6 Å². The molecule has 1 saturated carbocycles. The van der Waals surface area contributed by atoms with Crippen molar-refractivity contribution >= 4 is 11.8 Å². The van der Waals surface area contributed by atoms with E-state index < -0.39 is 0 Å². The molecule has 0 bridgehead atoms. The van der Waals surface area contributed by atoms with Gasteiger partial charge in [0.25, 0.3) is 0 Å². The number of rotatable bonds is 4. The van der Waals surface area contributed by atoms with E-state index in [-0.39, 0.29) is 6.10 Å².